The van der Waals surface area contributed by atoms with Crippen molar-refractivity contribution >= 4 is 34.8 Å². The number of benzene rings is 1. The topological polar surface area (TPSA) is 42.0 Å². The molecule has 1 heterocycles. The minimum atomic E-state index is -0.256. The molecule has 0 unspecified atom stereocenters. The zero-order chi connectivity index (χ0) is 15.6. The molecule has 0 aliphatic heterocycles. The van der Waals surface area contributed by atoms with Gasteiger partial charge in [-0.15, -0.1) is 0 Å². The van der Waals surface area contributed by atoms with Crippen LogP contribution in [0.1, 0.15) is 41.4 Å². The average Bonchev–Trinajstić information content (AvgIpc) is 2.42. The van der Waals surface area contributed by atoms with Crippen LogP contribution in [0.3, 0.4) is 0 Å². The molecule has 0 saturated carbocycles. The summed E-state index contributed by atoms with van der Waals surface area (Å²) in [5, 5.41) is 3.61. The number of hydrogen-bond acceptors (Lipinski definition) is 2. The van der Waals surface area contributed by atoms with Gasteiger partial charge in [-0.3, -0.25) is 4.79 Å². The summed E-state index contributed by atoms with van der Waals surface area (Å²) in [5.74, 6) is -0.0634. The van der Waals surface area contributed by atoms with Crippen molar-refractivity contribution in [1.82, 2.24) is 4.98 Å². The van der Waals surface area contributed by atoms with Crippen molar-refractivity contribution in [3.63, 3.8) is 0 Å². The second-order valence-electron chi connectivity index (χ2n) is 5.20. The Balaban J connectivity index is 2.30. The van der Waals surface area contributed by atoms with E-state index < -0.39 is 0 Å². The van der Waals surface area contributed by atoms with E-state index in [1.165, 1.54) is 0 Å². The molecule has 0 radical (unpaired) electrons. The number of rotatable bonds is 3. The highest BCUT2D eigenvalue weighted by Crippen LogP contribution is 2.24. The average molecular weight is 323 g/mol. The van der Waals surface area contributed by atoms with Gasteiger partial charge in [-0.2, -0.15) is 0 Å². The molecule has 0 atom stereocenters. The lowest BCUT2D eigenvalue weighted by Crippen LogP contribution is -2.13. The summed E-state index contributed by atoms with van der Waals surface area (Å²) in [6, 6.07) is 8.76. The number of anilines is 1. The molecular formula is C16H16Cl2N2O. The first-order chi connectivity index (χ1) is 9.86. The highest BCUT2D eigenvalue weighted by molar-refractivity contribution is 6.34. The maximum atomic E-state index is 12.3. The summed E-state index contributed by atoms with van der Waals surface area (Å²) >= 11 is 12.1. The van der Waals surface area contributed by atoms with Crippen molar-refractivity contribution in [3.8, 4) is 0 Å². The van der Waals surface area contributed by atoms with Crippen LogP contribution in [0.25, 0.3) is 0 Å². The predicted molar refractivity (Wildman–Crippen MR) is 87.5 cm³/mol. The molecule has 0 bridgehead atoms. The van der Waals surface area contributed by atoms with Crippen LogP contribution < -0.4 is 5.32 Å². The molecule has 2 rings (SSSR count). The van der Waals surface area contributed by atoms with Crippen molar-refractivity contribution in [3.05, 3.63) is 57.3 Å². The van der Waals surface area contributed by atoms with Crippen LogP contribution in [0.5, 0.6) is 0 Å². The van der Waals surface area contributed by atoms with Gasteiger partial charge in [0.2, 0.25) is 0 Å². The Bertz CT molecular complexity index is 684. The summed E-state index contributed by atoms with van der Waals surface area (Å²) in [7, 11) is 0. The van der Waals surface area contributed by atoms with Crippen LogP contribution in [-0.4, -0.2) is 10.9 Å². The second kappa shape index (κ2) is 6.46. The van der Waals surface area contributed by atoms with E-state index in [0.29, 0.717) is 21.4 Å². The number of aryl methyl sites for hydroxylation is 1. The van der Waals surface area contributed by atoms with Gasteiger partial charge in [0.15, 0.2) is 0 Å². The third-order valence-corrected chi connectivity index (χ3v) is 3.56. The molecule has 0 fully saturated rings. The van der Waals surface area contributed by atoms with Crippen molar-refractivity contribution in [2.24, 2.45) is 0 Å². The normalized spacial score (nSPS) is 10.8. The van der Waals surface area contributed by atoms with Crippen LogP contribution in [0.2, 0.25) is 10.2 Å². The summed E-state index contributed by atoms with van der Waals surface area (Å²) in [5.41, 5.74) is 2.85. The first-order valence-electron chi connectivity index (χ1n) is 6.62. The van der Waals surface area contributed by atoms with Crippen LogP contribution in [-0.2, 0) is 0 Å². The molecule has 21 heavy (non-hydrogen) atoms. The van der Waals surface area contributed by atoms with Gasteiger partial charge in [0.25, 0.3) is 5.91 Å². The van der Waals surface area contributed by atoms with Gasteiger partial charge in [-0.1, -0.05) is 43.1 Å². The summed E-state index contributed by atoms with van der Waals surface area (Å²) in [4.78, 5) is 16.6. The lowest BCUT2D eigenvalue weighted by atomic mass is 10.1. The molecule has 3 nitrogen and oxygen atoms in total. The molecule has 110 valence electrons. The van der Waals surface area contributed by atoms with Crippen molar-refractivity contribution in [1.29, 1.82) is 0 Å². The Labute approximate surface area is 134 Å². The number of halogens is 2. The Morgan fingerprint density at radius 2 is 1.90 bits per heavy atom. The molecule has 2 aromatic rings. The number of nitrogens with one attached hydrogen (secondary N) is 1. The van der Waals surface area contributed by atoms with Gasteiger partial charge >= 0.3 is 0 Å². The number of nitrogens with zero attached hydrogens (tertiary/aromatic N) is 1. The van der Waals surface area contributed by atoms with E-state index in [0.717, 1.165) is 11.3 Å². The Morgan fingerprint density at radius 3 is 2.57 bits per heavy atom. The molecule has 0 spiro atoms. The molecule has 0 aliphatic carbocycles. The van der Waals surface area contributed by atoms with Crippen molar-refractivity contribution in [2.45, 2.75) is 26.7 Å². The quantitative estimate of drug-likeness (QED) is 0.801. The molecule has 1 aromatic carbocycles. The van der Waals surface area contributed by atoms with Crippen LogP contribution in [0.4, 0.5) is 5.69 Å². The number of carbonyl (C=O) groups is 1. The maximum Gasteiger partial charge on any atom is 0.255 e. The second-order valence-corrected chi connectivity index (χ2v) is 5.99. The maximum absolute atomic E-state index is 12.3. The fourth-order valence-corrected chi connectivity index (χ4v) is 2.25. The minimum absolute atomic E-state index is 0.192. The van der Waals surface area contributed by atoms with E-state index in [4.69, 9.17) is 23.2 Å². The SMILES string of the molecule is Cc1ccc(Cl)c(NC(=O)c2cc(Cl)nc(C(C)C)c2)c1. The third kappa shape index (κ3) is 3.96. The van der Waals surface area contributed by atoms with E-state index in [-0.39, 0.29) is 11.8 Å². The largest absolute Gasteiger partial charge is 0.321 e. The predicted octanol–water partition coefficient (Wildman–Crippen LogP) is 5.07. The number of aromatic nitrogens is 1. The minimum Gasteiger partial charge on any atom is -0.321 e. The van der Waals surface area contributed by atoms with E-state index in [2.05, 4.69) is 10.3 Å². The van der Waals surface area contributed by atoms with Gasteiger partial charge in [0, 0.05) is 11.3 Å². The van der Waals surface area contributed by atoms with Crippen molar-refractivity contribution in [2.75, 3.05) is 5.32 Å². The first kappa shape index (κ1) is 15.8. The highest BCUT2D eigenvalue weighted by atomic mass is 35.5. The first-order valence-corrected chi connectivity index (χ1v) is 7.37. The van der Waals surface area contributed by atoms with Crippen LogP contribution in [0, 0.1) is 6.92 Å². The molecule has 1 amide bonds. The molecule has 5 heteroatoms. The molecule has 0 saturated heterocycles. The standard InChI is InChI=1S/C16H16Cl2N2O/c1-9(2)13-7-11(8-15(18)19-13)16(21)20-14-6-10(3)4-5-12(14)17/h4-9H,1-3H3,(H,20,21). The highest BCUT2D eigenvalue weighted by Gasteiger charge is 2.13. The van der Waals surface area contributed by atoms with Crippen LogP contribution >= 0.6 is 23.2 Å². The summed E-state index contributed by atoms with van der Waals surface area (Å²) in [6.07, 6.45) is 0. The smallest absolute Gasteiger partial charge is 0.255 e. The molecule has 0 aliphatic rings. The van der Waals surface area contributed by atoms with Crippen LogP contribution in [0.15, 0.2) is 30.3 Å². The summed E-state index contributed by atoms with van der Waals surface area (Å²) < 4.78 is 0. The van der Waals surface area contributed by atoms with Gasteiger partial charge in [-0.25, -0.2) is 4.98 Å². The lowest BCUT2D eigenvalue weighted by Gasteiger charge is -2.11. The Morgan fingerprint density at radius 1 is 1.19 bits per heavy atom. The fourth-order valence-electron chi connectivity index (χ4n) is 1.87. The molecule has 1 aromatic heterocycles. The zero-order valence-corrected chi connectivity index (χ0v) is 13.6. The lowest BCUT2D eigenvalue weighted by molar-refractivity contribution is 0.102. The monoisotopic (exact) mass is 322 g/mol. The summed E-state index contributed by atoms with van der Waals surface area (Å²) in [6.45, 7) is 5.93. The van der Waals surface area contributed by atoms with E-state index in [9.17, 15) is 4.79 Å². The van der Waals surface area contributed by atoms with E-state index in [1.54, 1.807) is 18.2 Å². The van der Waals surface area contributed by atoms with Gasteiger partial charge in [0.1, 0.15) is 5.15 Å². The number of hydrogen-bond donors (Lipinski definition) is 1. The van der Waals surface area contributed by atoms with Gasteiger partial charge < -0.3 is 5.32 Å². The fraction of sp³-hybridized carbons (Fsp3) is 0.250. The zero-order valence-electron chi connectivity index (χ0n) is 12.1. The van der Waals surface area contributed by atoms with E-state index in [1.807, 2.05) is 32.9 Å². The van der Waals surface area contributed by atoms with Gasteiger partial charge in [0.05, 0.1) is 10.7 Å². The number of carbonyl (C=O) groups excluding carboxylic acids is 1. The number of amides is 1. The van der Waals surface area contributed by atoms with E-state index >= 15 is 0 Å². The van der Waals surface area contributed by atoms with Crippen molar-refractivity contribution < 1.29 is 4.79 Å². The Hall–Kier alpha value is -1.58. The molecule has 1 N–H and O–H groups in total. The third-order valence-electron chi connectivity index (χ3n) is 3.04. The number of pyridine rings is 1. The molecular weight excluding hydrogens is 307 g/mol. The van der Waals surface area contributed by atoms with Gasteiger partial charge in [-0.05, 0) is 42.7 Å². The Kier molecular flexibility index (Phi) is 4.86.